The van der Waals surface area contributed by atoms with E-state index in [0.717, 1.165) is 16.8 Å². The first-order chi connectivity index (χ1) is 11.9. The summed E-state index contributed by atoms with van der Waals surface area (Å²) in [5, 5.41) is 2.84. The van der Waals surface area contributed by atoms with Crippen molar-refractivity contribution in [2.24, 2.45) is 5.92 Å². The molecule has 2 rings (SSSR count). The van der Waals surface area contributed by atoms with Gasteiger partial charge in [0.25, 0.3) is 0 Å². The minimum atomic E-state index is -0.0693. The number of benzene rings is 1. The van der Waals surface area contributed by atoms with Gasteiger partial charge in [-0.3, -0.25) is 4.79 Å². The van der Waals surface area contributed by atoms with Crippen LogP contribution in [-0.4, -0.2) is 10.9 Å². The number of nitrogens with one attached hydrogen (secondary N) is 1. The van der Waals surface area contributed by atoms with E-state index in [1.165, 1.54) is 6.42 Å². The number of aryl methyl sites for hydroxylation is 1. The highest BCUT2D eigenvalue weighted by Crippen LogP contribution is 2.12. The fraction of sp³-hybridized carbons (Fsp3) is 0.333. The number of nitrogen functional groups attached to an aromatic ring is 1. The van der Waals surface area contributed by atoms with Gasteiger partial charge in [0.15, 0.2) is 0 Å². The van der Waals surface area contributed by atoms with Crippen LogP contribution in [0.2, 0.25) is 0 Å². The lowest BCUT2D eigenvalue weighted by Gasteiger charge is -2.07. The zero-order valence-corrected chi connectivity index (χ0v) is 15.7. The molecule has 0 unspecified atom stereocenters. The average Bonchev–Trinajstić information content (AvgIpc) is 2.55. The molecule has 0 radical (unpaired) electrons. The number of hydrogen-bond donors (Lipinski definition) is 2. The van der Waals surface area contributed by atoms with Crippen LogP contribution in [0, 0.1) is 24.7 Å². The first-order valence-corrected chi connectivity index (χ1v) is 8.52. The molecule has 3 N–H and O–H groups in total. The van der Waals surface area contributed by atoms with E-state index in [0.29, 0.717) is 11.4 Å². The zero-order chi connectivity index (χ0) is 18.8. The zero-order valence-electron chi connectivity index (χ0n) is 15.7. The van der Waals surface area contributed by atoms with Gasteiger partial charge in [-0.2, -0.15) is 0 Å². The molecule has 0 aliphatic heterocycles. The summed E-state index contributed by atoms with van der Waals surface area (Å²) in [4.78, 5) is 15.9. The van der Waals surface area contributed by atoms with E-state index in [2.05, 4.69) is 36.0 Å². The van der Waals surface area contributed by atoms with E-state index < -0.39 is 0 Å². The van der Waals surface area contributed by atoms with E-state index in [-0.39, 0.29) is 11.8 Å². The molecule has 0 saturated heterocycles. The minimum Gasteiger partial charge on any atom is -0.399 e. The summed E-state index contributed by atoms with van der Waals surface area (Å²) in [6, 6.07) is 9.11. The van der Waals surface area contributed by atoms with Gasteiger partial charge < -0.3 is 11.1 Å². The Bertz CT molecular complexity index is 770. The van der Waals surface area contributed by atoms with Crippen LogP contribution in [0.3, 0.4) is 0 Å². The topological polar surface area (TPSA) is 68.0 Å². The highest BCUT2D eigenvalue weighted by Gasteiger charge is 2.07. The summed E-state index contributed by atoms with van der Waals surface area (Å²) in [6.07, 6.45) is 2.88. The molecular weight excluding hydrogens is 310 g/mol. The van der Waals surface area contributed by atoms with Gasteiger partial charge in [-0.05, 0) is 48.7 Å². The summed E-state index contributed by atoms with van der Waals surface area (Å²) in [7, 11) is 0. The lowest BCUT2D eigenvalue weighted by atomic mass is 10.1. The number of hydrogen-bond acceptors (Lipinski definition) is 3. The maximum Gasteiger partial charge on any atom is 0.226 e. The van der Waals surface area contributed by atoms with Crippen molar-refractivity contribution in [2.75, 3.05) is 11.1 Å². The Balaban J connectivity index is 0.000000970. The predicted molar refractivity (Wildman–Crippen MR) is 105 cm³/mol. The largest absolute Gasteiger partial charge is 0.399 e. The maximum atomic E-state index is 11.7. The lowest BCUT2D eigenvalue weighted by molar-refractivity contribution is -0.118. The van der Waals surface area contributed by atoms with Crippen LogP contribution < -0.4 is 11.1 Å². The molecule has 2 aromatic rings. The maximum absolute atomic E-state index is 11.7. The van der Waals surface area contributed by atoms with Crippen LogP contribution in [0.5, 0.6) is 0 Å². The van der Waals surface area contributed by atoms with Crippen LogP contribution in [0.15, 0.2) is 36.5 Å². The Morgan fingerprint density at radius 3 is 2.48 bits per heavy atom. The molecule has 1 amide bonds. The SMILES string of the molecule is CCC.Cc1cc(N)ccc1C#Cc1cc(NC(=O)C(C)C)ccn1. The second-order valence-electron chi connectivity index (χ2n) is 6.11. The number of nitrogens with zero attached hydrogens (tertiary/aromatic N) is 1. The molecular formula is C21H27N3O. The van der Waals surface area contributed by atoms with E-state index in [1.807, 2.05) is 39.0 Å². The van der Waals surface area contributed by atoms with Crippen molar-refractivity contribution in [3.05, 3.63) is 53.3 Å². The van der Waals surface area contributed by atoms with Crippen LogP contribution in [0.1, 0.15) is 50.9 Å². The number of rotatable bonds is 2. The van der Waals surface area contributed by atoms with E-state index in [4.69, 9.17) is 5.73 Å². The van der Waals surface area contributed by atoms with Gasteiger partial charge >= 0.3 is 0 Å². The molecule has 0 aliphatic carbocycles. The molecule has 4 heteroatoms. The highest BCUT2D eigenvalue weighted by atomic mass is 16.1. The second-order valence-corrected chi connectivity index (χ2v) is 6.11. The van der Waals surface area contributed by atoms with Gasteiger partial charge in [0.05, 0.1) is 0 Å². The van der Waals surface area contributed by atoms with Crippen molar-refractivity contribution in [3.8, 4) is 11.8 Å². The van der Waals surface area contributed by atoms with Crippen molar-refractivity contribution < 1.29 is 4.79 Å². The van der Waals surface area contributed by atoms with Crippen molar-refractivity contribution in [1.82, 2.24) is 4.98 Å². The number of nitrogens with two attached hydrogens (primary N) is 1. The summed E-state index contributed by atoms with van der Waals surface area (Å²) >= 11 is 0. The number of carbonyl (C=O) groups excluding carboxylic acids is 1. The smallest absolute Gasteiger partial charge is 0.226 e. The summed E-state index contributed by atoms with van der Waals surface area (Å²) in [5.74, 6) is 5.99. The molecule has 4 nitrogen and oxygen atoms in total. The van der Waals surface area contributed by atoms with Crippen molar-refractivity contribution in [1.29, 1.82) is 0 Å². The van der Waals surface area contributed by atoms with Crippen LogP contribution in [-0.2, 0) is 4.79 Å². The molecule has 0 fully saturated rings. The van der Waals surface area contributed by atoms with Crippen LogP contribution >= 0.6 is 0 Å². The molecule has 0 aliphatic rings. The van der Waals surface area contributed by atoms with E-state index >= 15 is 0 Å². The van der Waals surface area contributed by atoms with Gasteiger partial charge in [-0.25, -0.2) is 4.98 Å². The number of aromatic nitrogens is 1. The van der Waals surface area contributed by atoms with E-state index in [1.54, 1.807) is 18.3 Å². The van der Waals surface area contributed by atoms with Gasteiger partial charge in [-0.1, -0.05) is 40.0 Å². The summed E-state index contributed by atoms with van der Waals surface area (Å²) < 4.78 is 0. The number of anilines is 2. The van der Waals surface area contributed by atoms with Gasteiger partial charge in [0, 0.05) is 29.1 Å². The van der Waals surface area contributed by atoms with Crippen LogP contribution in [0.25, 0.3) is 0 Å². The Morgan fingerprint density at radius 2 is 1.88 bits per heavy atom. The molecule has 1 aromatic heterocycles. The Kier molecular flexibility index (Phi) is 8.22. The molecule has 0 bridgehead atoms. The first-order valence-electron chi connectivity index (χ1n) is 8.52. The molecule has 1 aromatic carbocycles. The fourth-order valence-corrected chi connectivity index (χ4v) is 1.82. The first kappa shape index (κ1) is 20.2. The summed E-state index contributed by atoms with van der Waals surface area (Å²) in [6.45, 7) is 9.91. The normalized spacial score (nSPS) is 9.52. The van der Waals surface area contributed by atoms with Gasteiger partial charge in [0.2, 0.25) is 5.91 Å². The predicted octanol–water partition coefficient (Wildman–Crippen LogP) is 4.38. The highest BCUT2D eigenvalue weighted by molar-refractivity contribution is 5.92. The molecule has 25 heavy (non-hydrogen) atoms. The Hall–Kier alpha value is -2.80. The van der Waals surface area contributed by atoms with Crippen molar-refractivity contribution in [3.63, 3.8) is 0 Å². The van der Waals surface area contributed by atoms with Gasteiger partial charge in [0.1, 0.15) is 5.69 Å². The minimum absolute atomic E-state index is 0.0283. The fourth-order valence-electron chi connectivity index (χ4n) is 1.82. The molecule has 0 spiro atoms. The monoisotopic (exact) mass is 337 g/mol. The quantitative estimate of drug-likeness (QED) is 0.631. The number of carbonyl (C=O) groups is 1. The third-order valence-corrected chi connectivity index (χ3v) is 3.13. The average molecular weight is 337 g/mol. The molecule has 1 heterocycles. The number of amides is 1. The van der Waals surface area contributed by atoms with Crippen molar-refractivity contribution in [2.45, 2.75) is 41.0 Å². The third-order valence-electron chi connectivity index (χ3n) is 3.13. The van der Waals surface area contributed by atoms with Crippen molar-refractivity contribution >= 4 is 17.3 Å². The third kappa shape index (κ3) is 7.09. The standard InChI is InChI=1S/C18H19N3O.C3H8/c1-12(2)18(22)21-17-8-9-20-16(11-17)7-5-14-4-6-15(19)10-13(14)3;1-3-2/h4,6,8-12H,19H2,1-3H3,(H,20,21,22);3H2,1-2H3. The second kappa shape index (κ2) is 10.1. The number of pyridine rings is 1. The molecule has 0 atom stereocenters. The molecule has 132 valence electrons. The molecule has 0 saturated carbocycles. The Labute approximate surface area is 150 Å². The lowest BCUT2D eigenvalue weighted by Crippen LogP contribution is -2.17. The van der Waals surface area contributed by atoms with Crippen LogP contribution in [0.4, 0.5) is 11.4 Å². The van der Waals surface area contributed by atoms with Gasteiger partial charge in [-0.15, -0.1) is 0 Å². The van der Waals surface area contributed by atoms with E-state index in [9.17, 15) is 4.79 Å². The Morgan fingerprint density at radius 1 is 1.20 bits per heavy atom. The summed E-state index contributed by atoms with van der Waals surface area (Å²) in [5.41, 5.74) is 9.69.